The summed E-state index contributed by atoms with van der Waals surface area (Å²) in [5, 5.41) is 7.35. The van der Waals surface area contributed by atoms with Gasteiger partial charge in [-0.3, -0.25) is 4.98 Å². The zero-order valence-corrected chi connectivity index (χ0v) is 14.5. The van der Waals surface area contributed by atoms with Crippen LogP contribution in [0.5, 0.6) is 0 Å². The molecule has 0 aliphatic carbocycles. The highest BCUT2D eigenvalue weighted by Gasteiger charge is 2.30. The van der Waals surface area contributed by atoms with Crippen molar-refractivity contribution < 1.29 is 13.2 Å². The molecule has 7 heteroatoms. The minimum absolute atomic E-state index is 0.339. The van der Waals surface area contributed by atoms with Gasteiger partial charge in [-0.05, 0) is 43.3 Å². The fourth-order valence-corrected chi connectivity index (χ4v) is 2.81. The highest BCUT2D eigenvalue weighted by Crippen LogP contribution is 2.32. The first kappa shape index (κ1) is 18.3. The lowest BCUT2D eigenvalue weighted by Gasteiger charge is -2.12. The molecule has 3 rings (SSSR count). The topological polar surface area (TPSA) is 41.9 Å². The summed E-state index contributed by atoms with van der Waals surface area (Å²) in [7, 11) is 2.01. The van der Waals surface area contributed by atoms with Gasteiger partial charge in [0.05, 0.1) is 11.1 Å². The lowest BCUT2D eigenvalue weighted by molar-refractivity contribution is -0.137. The van der Waals surface area contributed by atoms with Crippen LogP contribution in [-0.2, 0) is 19.8 Å². The first-order valence-electron chi connectivity index (χ1n) is 8.46. The van der Waals surface area contributed by atoms with Crippen molar-refractivity contribution in [3.63, 3.8) is 0 Å². The maximum absolute atomic E-state index is 12.8. The van der Waals surface area contributed by atoms with Gasteiger partial charge in [0.1, 0.15) is 0 Å². The van der Waals surface area contributed by atoms with Crippen LogP contribution >= 0.6 is 0 Å². The van der Waals surface area contributed by atoms with Gasteiger partial charge in [0.2, 0.25) is 0 Å². The van der Waals surface area contributed by atoms with Gasteiger partial charge in [0.15, 0.2) is 0 Å². The standard InChI is InChI=1S/C19H21F3N4/c1-26-11-2-4-15(26)13-23-8-3-9-24-17-7-10-25-18-12-14(19(20,21)22)5-6-16(17)18/h2,4-7,10-12,23H,3,8-9,13H2,1H3,(H,24,25). The number of rotatable bonds is 7. The molecule has 2 aromatic heterocycles. The Bertz CT molecular complexity index is 871. The molecule has 0 saturated heterocycles. The number of pyridine rings is 1. The van der Waals surface area contributed by atoms with Gasteiger partial charge in [0, 0.05) is 49.3 Å². The third-order valence-corrected chi connectivity index (χ3v) is 4.27. The summed E-state index contributed by atoms with van der Waals surface area (Å²) in [5.41, 5.74) is 1.68. The Balaban J connectivity index is 1.53. The molecular weight excluding hydrogens is 341 g/mol. The highest BCUT2D eigenvalue weighted by atomic mass is 19.4. The maximum atomic E-state index is 12.8. The monoisotopic (exact) mass is 362 g/mol. The molecule has 2 N–H and O–H groups in total. The number of hydrogen-bond acceptors (Lipinski definition) is 3. The van der Waals surface area contributed by atoms with E-state index in [1.54, 1.807) is 6.07 Å². The zero-order valence-electron chi connectivity index (χ0n) is 14.5. The van der Waals surface area contributed by atoms with Crippen LogP contribution in [0.25, 0.3) is 10.9 Å². The Labute approximate surface area is 150 Å². The minimum atomic E-state index is -4.36. The molecule has 0 radical (unpaired) electrons. The Kier molecular flexibility index (Phi) is 5.46. The van der Waals surface area contributed by atoms with E-state index in [9.17, 15) is 13.2 Å². The second kappa shape index (κ2) is 7.78. The van der Waals surface area contributed by atoms with E-state index in [-0.39, 0.29) is 0 Å². The van der Waals surface area contributed by atoms with E-state index < -0.39 is 11.7 Å². The van der Waals surface area contributed by atoms with Crippen LogP contribution in [-0.4, -0.2) is 22.6 Å². The van der Waals surface area contributed by atoms with Crippen LogP contribution in [0.2, 0.25) is 0 Å². The molecule has 4 nitrogen and oxygen atoms in total. The molecule has 1 aromatic carbocycles. The summed E-state index contributed by atoms with van der Waals surface area (Å²) in [5.74, 6) is 0. The van der Waals surface area contributed by atoms with Crippen molar-refractivity contribution in [2.24, 2.45) is 7.05 Å². The van der Waals surface area contributed by atoms with Crippen LogP contribution in [0.4, 0.5) is 18.9 Å². The molecule has 26 heavy (non-hydrogen) atoms. The van der Waals surface area contributed by atoms with Crippen LogP contribution in [0.3, 0.4) is 0 Å². The number of aromatic nitrogens is 2. The smallest absolute Gasteiger partial charge is 0.384 e. The average molecular weight is 362 g/mol. The van der Waals surface area contributed by atoms with Crippen LogP contribution in [0.15, 0.2) is 48.8 Å². The van der Waals surface area contributed by atoms with Crippen LogP contribution in [0, 0.1) is 0 Å². The molecule has 138 valence electrons. The third-order valence-electron chi connectivity index (χ3n) is 4.27. The molecule has 0 aliphatic rings. The third kappa shape index (κ3) is 4.35. The molecule has 0 saturated carbocycles. The summed E-state index contributed by atoms with van der Waals surface area (Å²) < 4.78 is 40.5. The second-order valence-corrected chi connectivity index (χ2v) is 6.16. The number of fused-ring (bicyclic) bond motifs is 1. The zero-order chi connectivity index (χ0) is 18.6. The predicted octanol–water partition coefficient (Wildman–Crippen LogP) is 4.18. The number of anilines is 1. The summed E-state index contributed by atoms with van der Waals surface area (Å²) >= 11 is 0. The van der Waals surface area contributed by atoms with Crippen molar-refractivity contribution >= 4 is 16.6 Å². The van der Waals surface area contributed by atoms with E-state index >= 15 is 0 Å². The van der Waals surface area contributed by atoms with Crippen molar-refractivity contribution in [3.05, 3.63) is 60.0 Å². The van der Waals surface area contributed by atoms with E-state index in [1.165, 1.54) is 18.0 Å². The number of hydrogen-bond donors (Lipinski definition) is 2. The van der Waals surface area contributed by atoms with E-state index in [2.05, 4.69) is 26.3 Å². The Morgan fingerprint density at radius 2 is 1.96 bits per heavy atom. The quantitative estimate of drug-likeness (QED) is 0.620. The molecule has 3 aromatic rings. The van der Waals surface area contributed by atoms with E-state index in [0.717, 1.165) is 43.9 Å². The minimum Gasteiger partial charge on any atom is -0.384 e. The van der Waals surface area contributed by atoms with Gasteiger partial charge in [-0.2, -0.15) is 13.2 Å². The number of alkyl halides is 3. The first-order valence-corrected chi connectivity index (χ1v) is 8.46. The number of halogens is 3. The molecular formula is C19H21F3N4. The summed E-state index contributed by atoms with van der Waals surface area (Å²) in [6.45, 7) is 2.38. The van der Waals surface area contributed by atoms with Gasteiger partial charge in [-0.1, -0.05) is 6.07 Å². The average Bonchev–Trinajstić information content (AvgIpc) is 3.01. The van der Waals surface area contributed by atoms with Crippen molar-refractivity contribution in [2.45, 2.75) is 19.1 Å². The van der Waals surface area contributed by atoms with Gasteiger partial charge < -0.3 is 15.2 Å². The Hall–Kier alpha value is -2.54. The van der Waals surface area contributed by atoms with Gasteiger partial charge in [0.25, 0.3) is 0 Å². The molecule has 0 aliphatic heterocycles. The fraction of sp³-hybridized carbons (Fsp3) is 0.316. The molecule has 0 amide bonds. The van der Waals surface area contributed by atoms with Crippen LogP contribution in [0.1, 0.15) is 17.7 Å². The predicted molar refractivity (Wildman–Crippen MR) is 97.0 cm³/mol. The molecule has 0 spiro atoms. The Morgan fingerprint density at radius 3 is 2.69 bits per heavy atom. The van der Waals surface area contributed by atoms with Gasteiger partial charge >= 0.3 is 6.18 Å². The van der Waals surface area contributed by atoms with E-state index in [1.807, 2.05) is 19.3 Å². The molecule has 0 atom stereocenters. The number of nitrogens with one attached hydrogen (secondary N) is 2. The van der Waals surface area contributed by atoms with Crippen molar-refractivity contribution in [3.8, 4) is 0 Å². The van der Waals surface area contributed by atoms with Crippen molar-refractivity contribution in [2.75, 3.05) is 18.4 Å². The van der Waals surface area contributed by atoms with E-state index in [0.29, 0.717) is 10.9 Å². The van der Waals surface area contributed by atoms with Crippen molar-refractivity contribution in [1.29, 1.82) is 0 Å². The van der Waals surface area contributed by atoms with Gasteiger partial charge in [-0.15, -0.1) is 0 Å². The second-order valence-electron chi connectivity index (χ2n) is 6.16. The highest BCUT2D eigenvalue weighted by molar-refractivity contribution is 5.91. The first-order chi connectivity index (χ1) is 12.4. The van der Waals surface area contributed by atoms with E-state index in [4.69, 9.17) is 0 Å². The van der Waals surface area contributed by atoms with Crippen LogP contribution < -0.4 is 10.6 Å². The number of benzene rings is 1. The normalized spacial score (nSPS) is 11.8. The molecule has 0 bridgehead atoms. The number of aryl methyl sites for hydroxylation is 1. The molecule has 0 fully saturated rings. The largest absolute Gasteiger partial charge is 0.416 e. The SMILES string of the molecule is Cn1cccc1CNCCCNc1ccnc2cc(C(F)(F)F)ccc12. The lowest BCUT2D eigenvalue weighted by atomic mass is 10.1. The summed E-state index contributed by atoms with van der Waals surface area (Å²) in [6, 6.07) is 9.52. The maximum Gasteiger partial charge on any atom is 0.416 e. The van der Waals surface area contributed by atoms with Gasteiger partial charge in [-0.25, -0.2) is 0 Å². The molecule has 0 unspecified atom stereocenters. The Morgan fingerprint density at radius 1 is 1.12 bits per heavy atom. The lowest BCUT2D eigenvalue weighted by Crippen LogP contribution is -2.19. The van der Waals surface area contributed by atoms with Crippen molar-refractivity contribution in [1.82, 2.24) is 14.9 Å². The summed E-state index contributed by atoms with van der Waals surface area (Å²) in [6.07, 6.45) is 0.0774. The number of nitrogens with zero attached hydrogens (tertiary/aromatic N) is 2. The summed E-state index contributed by atoms with van der Waals surface area (Å²) in [4.78, 5) is 4.06. The molecule has 2 heterocycles. The fourth-order valence-electron chi connectivity index (χ4n) is 2.81.